The lowest BCUT2D eigenvalue weighted by atomic mass is 9.85. The van der Waals surface area contributed by atoms with Crippen LogP contribution in [0.25, 0.3) is 4.96 Å². The Labute approximate surface area is 109 Å². The van der Waals surface area contributed by atoms with Gasteiger partial charge in [-0.3, -0.25) is 0 Å². The van der Waals surface area contributed by atoms with Crippen LogP contribution in [0.15, 0.2) is 0 Å². The van der Waals surface area contributed by atoms with Crippen molar-refractivity contribution in [3.63, 3.8) is 0 Å². The van der Waals surface area contributed by atoms with Gasteiger partial charge in [-0.05, 0) is 19.3 Å². The largest absolute Gasteiger partial charge is 0.385 e. The smallest absolute Gasteiger partial charge is 0.234 e. The molecule has 0 bridgehead atoms. The molecule has 0 radical (unpaired) electrons. The Hall–Kier alpha value is -1.05. The first-order valence-electron chi connectivity index (χ1n) is 6.26. The van der Waals surface area contributed by atoms with E-state index in [9.17, 15) is 0 Å². The summed E-state index contributed by atoms with van der Waals surface area (Å²) in [7, 11) is 1.68. The first-order chi connectivity index (χ1) is 8.79. The van der Waals surface area contributed by atoms with Gasteiger partial charge in [0.1, 0.15) is 5.01 Å². The molecule has 2 aromatic rings. The number of fused-ring (bicyclic) bond motifs is 1. The first-order valence-corrected chi connectivity index (χ1v) is 7.08. The van der Waals surface area contributed by atoms with Gasteiger partial charge < -0.3 is 10.5 Å². The Morgan fingerprint density at radius 1 is 1.50 bits per heavy atom. The number of hydrogen-bond donors (Lipinski definition) is 1. The maximum Gasteiger partial charge on any atom is 0.234 e. The normalized spacial score (nSPS) is 18.1. The number of methoxy groups -OCH3 is 1. The number of ether oxygens (including phenoxy) is 1. The Bertz CT molecular complexity index is 533. The van der Waals surface area contributed by atoms with Crippen molar-refractivity contribution in [1.82, 2.24) is 19.8 Å². The van der Waals surface area contributed by atoms with Crippen molar-refractivity contribution < 1.29 is 4.74 Å². The highest BCUT2D eigenvalue weighted by molar-refractivity contribution is 7.16. The minimum atomic E-state index is -0.0779. The fraction of sp³-hybridized carbons (Fsp3) is 0.727. The van der Waals surface area contributed by atoms with Crippen molar-refractivity contribution in [1.29, 1.82) is 0 Å². The first kappa shape index (κ1) is 12.0. The van der Waals surface area contributed by atoms with Crippen LogP contribution >= 0.6 is 11.3 Å². The summed E-state index contributed by atoms with van der Waals surface area (Å²) in [5, 5.41) is 13.9. The molecular weight excluding hydrogens is 250 g/mol. The van der Waals surface area contributed by atoms with Gasteiger partial charge >= 0.3 is 0 Å². The molecule has 2 aromatic heterocycles. The molecule has 1 atom stereocenters. The van der Waals surface area contributed by atoms with Crippen LogP contribution < -0.4 is 5.73 Å². The third kappa shape index (κ3) is 2.02. The zero-order valence-electron chi connectivity index (χ0n) is 10.4. The van der Waals surface area contributed by atoms with Crippen LogP contribution in [0, 0.1) is 0 Å². The molecule has 0 aliphatic heterocycles. The Morgan fingerprint density at radius 3 is 3.00 bits per heavy atom. The monoisotopic (exact) mass is 267 g/mol. The molecule has 3 rings (SSSR count). The predicted molar refractivity (Wildman–Crippen MR) is 68.7 cm³/mol. The summed E-state index contributed by atoms with van der Waals surface area (Å²) in [6, 6.07) is -0.0779. The minimum absolute atomic E-state index is 0.0779. The van der Waals surface area contributed by atoms with E-state index in [0.29, 0.717) is 12.5 Å². The quantitative estimate of drug-likeness (QED) is 0.888. The summed E-state index contributed by atoms with van der Waals surface area (Å²) in [5.74, 6) is 1.53. The highest BCUT2D eigenvalue weighted by atomic mass is 32.1. The molecule has 18 heavy (non-hydrogen) atoms. The zero-order chi connectivity index (χ0) is 12.5. The van der Waals surface area contributed by atoms with E-state index in [-0.39, 0.29) is 6.04 Å². The zero-order valence-corrected chi connectivity index (χ0v) is 11.2. The summed E-state index contributed by atoms with van der Waals surface area (Å²) in [4.78, 5) is 0.847. The molecule has 1 aliphatic carbocycles. The molecular formula is C11H17N5OS. The second-order valence-electron chi connectivity index (χ2n) is 4.71. The van der Waals surface area contributed by atoms with Crippen LogP contribution in [0.1, 0.15) is 48.5 Å². The molecule has 2 heterocycles. The highest BCUT2D eigenvalue weighted by Gasteiger charge is 2.26. The third-order valence-electron chi connectivity index (χ3n) is 3.45. The molecule has 1 saturated carbocycles. The van der Waals surface area contributed by atoms with Gasteiger partial charge in [0.15, 0.2) is 5.82 Å². The molecule has 6 nitrogen and oxygen atoms in total. The highest BCUT2D eigenvalue weighted by Crippen LogP contribution is 2.36. The summed E-state index contributed by atoms with van der Waals surface area (Å²) in [5.41, 5.74) is 6.08. The SMILES string of the molecule is COCCC(N)c1nn2c(C3CCC3)nnc2s1. The molecule has 0 spiro atoms. The van der Waals surface area contributed by atoms with Crippen molar-refractivity contribution in [2.24, 2.45) is 5.73 Å². The van der Waals surface area contributed by atoms with Gasteiger partial charge in [-0.25, -0.2) is 0 Å². The maximum atomic E-state index is 6.08. The van der Waals surface area contributed by atoms with E-state index in [1.807, 2.05) is 4.52 Å². The van der Waals surface area contributed by atoms with E-state index in [1.165, 1.54) is 30.6 Å². The summed E-state index contributed by atoms with van der Waals surface area (Å²) < 4.78 is 6.91. The van der Waals surface area contributed by atoms with Crippen molar-refractivity contribution in [2.45, 2.75) is 37.6 Å². The fourth-order valence-corrected chi connectivity index (χ4v) is 2.97. The van der Waals surface area contributed by atoms with E-state index in [1.54, 1.807) is 7.11 Å². The number of hydrogen-bond acceptors (Lipinski definition) is 6. The average Bonchev–Trinajstić information content (AvgIpc) is 2.85. The van der Waals surface area contributed by atoms with Gasteiger partial charge in [0.05, 0.1) is 6.04 Å². The number of aromatic nitrogens is 4. The topological polar surface area (TPSA) is 78.3 Å². The number of nitrogens with zero attached hydrogens (tertiary/aromatic N) is 4. The molecule has 0 saturated heterocycles. The summed E-state index contributed by atoms with van der Waals surface area (Å²) in [6.07, 6.45) is 4.45. The fourth-order valence-electron chi connectivity index (χ4n) is 2.09. The van der Waals surface area contributed by atoms with Gasteiger partial charge in [0.25, 0.3) is 0 Å². The van der Waals surface area contributed by atoms with Crippen molar-refractivity contribution in [3.05, 3.63) is 10.8 Å². The molecule has 0 amide bonds. The summed E-state index contributed by atoms with van der Waals surface area (Å²) >= 11 is 1.53. The van der Waals surface area contributed by atoms with Crippen molar-refractivity contribution in [3.8, 4) is 0 Å². The van der Waals surface area contributed by atoms with Crippen LogP contribution in [-0.2, 0) is 4.74 Å². The van der Waals surface area contributed by atoms with E-state index in [2.05, 4.69) is 15.3 Å². The molecule has 1 fully saturated rings. The standard InChI is InChI=1S/C11H17N5OS/c1-17-6-5-8(12)10-15-16-9(7-3-2-4-7)13-14-11(16)18-10/h7-8H,2-6,12H2,1H3. The Balaban J connectivity index is 1.84. The Kier molecular flexibility index (Phi) is 3.27. The van der Waals surface area contributed by atoms with Gasteiger partial charge in [0.2, 0.25) is 4.96 Å². The van der Waals surface area contributed by atoms with Crippen LogP contribution in [0.5, 0.6) is 0 Å². The predicted octanol–water partition coefficient (Wildman–Crippen LogP) is 1.49. The van der Waals surface area contributed by atoms with Crippen LogP contribution in [0.2, 0.25) is 0 Å². The van der Waals surface area contributed by atoms with E-state index in [4.69, 9.17) is 10.5 Å². The maximum absolute atomic E-state index is 6.08. The molecule has 2 N–H and O–H groups in total. The lowest BCUT2D eigenvalue weighted by molar-refractivity contribution is 0.188. The average molecular weight is 267 g/mol. The van der Waals surface area contributed by atoms with Gasteiger partial charge in [-0.1, -0.05) is 17.8 Å². The lowest BCUT2D eigenvalue weighted by Gasteiger charge is -2.22. The molecule has 98 valence electrons. The molecule has 1 unspecified atom stereocenters. The van der Waals surface area contributed by atoms with Crippen molar-refractivity contribution in [2.75, 3.05) is 13.7 Å². The van der Waals surface area contributed by atoms with E-state index in [0.717, 1.165) is 22.2 Å². The van der Waals surface area contributed by atoms with Gasteiger partial charge in [-0.2, -0.15) is 9.61 Å². The summed E-state index contributed by atoms with van der Waals surface area (Å²) in [6.45, 7) is 0.650. The number of nitrogens with two attached hydrogens (primary N) is 1. The third-order valence-corrected chi connectivity index (χ3v) is 4.48. The number of rotatable bonds is 5. The van der Waals surface area contributed by atoms with Crippen LogP contribution in [0.3, 0.4) is 0 Å². The van der Waals surface area contributed by atoms with Crippen molar-refractivity contribution >= 4 is 16.3 Å². The second kappa shape index (κ2) is 4.91. The van der Waals surface area contributed by atoms with Crippen LogP contribution in [-0.4, -0.2) is 33.5 Å². The Morgan fingerprint density at radius 2 is 2.33 bits per heavy atom. The second-order valence-corrected chi connectivity index (χ2v) is 5.70. The van der Waals surface area contributed by atoms with Gasteiger partial charge in [-0.15, -0.1) is 10.2 Å². The van der Waals surface area contributed by atoms with Gasteiger partial charge in [0, 0.05) is 19.6 Å². The molecule has 0 aromatic carbocycles. The minimum Gasteiger partial charge on any atom is -0.385 e. The van der Waals surface area contributed by atoms with E-state index < -0.39 is 0 Å². The molecule has 7 heteroatoms. The lowest BCUT2D eigenvalue weighted by Crippen LogP contribution is -2.15. The molecule has 1 aliphatic rings. The van der Waals surface area contributed by atoms with E-state index >= 15 is 0 Å². The van der Waals surface area contributed by atoms with Crippen LogP contribution in [0.4, 0.5) is 0 Å².